The summed E-state index contributed by atoms with van der Waals surface area (Å²) in [4.78, 5) is 27.7. The molecule has 0 saturated carbocycles. The van der Waals surface area contributed by atoms with E-state index in [2.05, 4.69) is 10.3 Å². The van der Waals surface area contributed by atoms with Gasteiger partial charge in [0.25, 0.3) is 5.91 Å². The number of ether oxygens (including phenoxy) is 3. The highest BCUT2D eigenvalue weighted by atomic mass is 16.6. The third kappa shape index (κ3) is 5.07. The van der Waals surface area contributed by atoms with Crippen LogP contribution < -0.4 is 5.32 Å². The van der Waals surface area contributed by atoms with Crippen LogP contribution in [-0.2, 0) is 14.2 Å². The Morgan fingerprint density at radius 1 is 1.12 bits per heavy atom. The smallest absolute Gasteiger partial charge is 0.340 e. The third-order valence-corrected chi connectivity index (χ3v) is 3.86. The van der Waals surface area contributed by atoms with Crippen molar-refractivity contribution in [3.05, 3.63) is 22.5 Å². The van der Waals surface area contributed by atoms with E-state index in [1.54, 1.807) is 21.0 Å². The third-order valence-electron chi connectivity index (χ3n) is 3.86. The van der Waals surface area contributed by atoms with Crippen molar-refractivity contribution in [2.75, 3.05) is 34.0 Å². The van der Waals surface area contributed by atoms with Gasteiger partial charge in [0.2, 0.25) is 0 Å². The molecule has 0 aliphatic heterocycles. The quantitative estimate of drug-likeness (QED) is 0.529. The summed E-state index contributed by atoms with van der Waals surface area (Å²) in [7, 11) is 3.13. The first-order valence-electron chi connectivity index (χ1n) is 7.98. The second-order valence-corrected chi connectivity index (χ2v) is 6.03. The summed E-state index contributed by atoms with van der Waals surface area (Å²) in [6.45, 7) is 8.41. The molecule has 0 aliphatic carbocycles. The molecule has 7 nitrogen and oxygen atoms in total. The van der Waals surface area contributed by atoms with Crippen LogP contribution in [0.25, 0.3) is 0 Å². The van der Waals surface area contributed by atoms with Crippen LogP contribution in [0, 0.1) is 19.8 Å². The number of hydrogen-bond acceptors (Lipinski definition) is 5. The maximum absolute atomic E-state index is 12.5. The van der Waals surface area contributed by atoms with Crippen molar-refractivity contribution in [3.8, 4) is 0 Å². The number of rotatable bonds is 9. The molecular weight excluding hydrogens is 312 g/mol. The Morgan fingerprint density at radius 2 is 1.79 bits per heavy atom. The predicted molar refractivity (Wildman–Crippen MR) is 90.4 cm³/mol. The molecule has 0 aliphatic rings. The molecule has 1 atom stereocenters. The Hall–Kier alpha value is -1.86. The number of H-pyrrole nitrogens is 1. The first-order valence-corrected chi connectivity index (χ1v) is 7.98. The summed E-state index contributed by atoms with van der Waals surface area (Å²) in [6.07, 6.45) is 0. The van der Waals surface area contributed by atoms with Gasteiger partial charge in [0, 0.05) is 19.9 Å². The van der Waals surface area contributed by atoms with Crippen LogP contribution in [0.4, 0.5) is 0 Å². The number of methoxy groups -OCH3 is 2. The van der Waals surface area contributed by atoms with Gasteiger partial charge in [-0.1, -0.05) is 13.8 Å². The molecule has 24 heavy (non-hydrogen) atoms. The van der Waals surface area contributed by atoms with E-state index in [0.29, 0.717) is 35.7 Å². The number of aromatic amines is 1. The minimum absolute atomic E-state index is 0.109. The number of carbonyl (C=O) groups excluding carboxylic acids is 2. The normalized spacial score (nSPS) is 12.3. The van der Waals surface area contributed by atoms with E-state index in [9.17, 15) is 9.59 Å². The summed E-state index contributed by atoms with van der Waals surface area (Å²) < 4.78 is 15.1. The number of nitrogens with one attached hydrogen (secondary N) is 2. The first kappa shape index (κ1) is 20.2. The van der Waals surface area contributed by atoms with E-state index in [1.807, 2.05) is 13.8 Å². The van der Waals surface area contributed by atoms with E-state index in [0.717, 1.165) is 0 Å². The van der Waals surface area contributed by atoms with Crippen LogP contribution in [0.3, 0.4) is 0 Å². The van der Waals surface area contributed by atoms with Crippen LogP contribution in [0.2, 0.25) is 0 Å². The summed E-state index contributed by atoms with van der Waals surface area (Å²) in [5, 5.41) is 2.94. The highest BCUT2D eigenvalue weighted by Gasteiger charge is 2.25. The fourth-order valence-electron chi connectivity index (χ4n) is 2.39. The number of carbonyl (C=O) groups is 2. The molecular formula is C17H28N2O5. The molecule has 0 aromatic carbocycles. The Balaban J connectivity index is 2.91. The van der Waals surface area contributed by atoms with Gasteiger partial charge in [-0.2, -0.15) is 0 Å². The summed E-state index contributed by atoms with van der Waals surface area (Å²) in [6, 6.07) is -0.109. The van der Waals surface area contributed by atoms with E-state index in [-0.39, 0.29) is 24.5 Å². The molecule has 1 heterocycles. The van der Waals surface area contributed by atoms with Crippen molar-refractivity contribution in [2.45, 2.75) is 33.7 Å². The van der Waals surface area contributed by atoms with Gasteiger partial charge in [0.1, 0.15) is 12.3 Å². The van der Waals surface area contributed by atoms with E-state index in [4.69, 9.17) is 14.2 Å². The number of esters is 1. The predicted octanol–water partition coefficient (Wildman–Crippen LogP) is 1.84. The number of amides is 1. The molecule has 136 valence electrons. The van der Waals surface area contributed by atoms with Crippen LogP contribution in [-0.4, -0.2) is 56.9 Å². The van der Waals surface area contributed by atoms with Crippen molar-refractivity contribution < 1.29 is 23.8 Å². The molecule has 0 radical (unpaired) electrons. The number of hydrogen-bond donors (Lipinski definition) is 2. The summed E-state index contributed by atoms with van der Waals surface area (Å²) >= 11 is 0. The first-order chi connectivity index (χ1) is 11.3. The van der Waals surface area contributed by atoms with Gasteiger partial charge in [-0.15, -0.1) is 0 Å². The van der Waals surface area contributed by atoms with Gasteiger partial charge in [-0.25, -0.2) is 4.79 Å². The zero-order valence-corrected chi connectivity index (χ0v) is 15.3. The molecule has 7 heteroatoms. The van der Waals surface area contributed by atoms with E-state index >= 15 is 0 Å². The molecule has 0 fully saturated rings. The van der Waals surface area contributed by atoms with Gasteiger partial charge >= 0.3 is 5.97 Å². The molecule has 2 N–H and O–H groups in total. The molecule has 1 aromatic heterocycles. The molecule has 1 aromatic rings. The average Bonchev–Trinajstić information content (AvgIpc) is 2.81. The molecule has 1 amide bonds. The van der Waals surface area contributed by atoms with Crippen molar-refractivity contribution in [3.63, 3.8) is 0 Å². The monoisotopic (exact) mass is 340 g/mol. The topological polar surface area (TPSA) is 89.7 Å². The lowest BCUT2D eigenvalue weighted by atomic mass is 10.0. The van der Waals surface area contributed by atoms with Crippen LogP contribution in [0.1, 0.15) is 46.0 Å². The molecule has 0 unspecified atom stereocenters. The standard InChI is InChI=1S/C17H28N2O5/c1-10(2)13(9-23-6)19-16(20)15-11(3)14(12(4)18-15)17(21)24-8-7-22-5/h10,13,18H,7-9H2,1-6H3,(H,19,20)/t13-/m0/s1. The van der Waals surface area contributed by atoms with Gasteiger partial charge in [0.05, 0.1) is 24.8 Å². The SMILES string of the molecule is COCCOC(=O)c1c(C)[nH]c(C(=O)N[C@@H](COC)C(C)C)c1C. The van der Waals surface area contributed by atoms with Crippen LogP contribution in [0.5, 0.6) is 0 Å². The van der Waals surface area contributed by atoms with E-state index in [1.165, 1.54) is 7.11 Å². The highest BCUT2D eigenvalue weighted by molar-refractivity contribution is 6.00. The van der Waals surface area contributed by atoms with Gasteiger partial charge in [-0.05, 0) is 25.3 Å². The molecule has 1 rings (SSSR count). The van der Waals surface area contributed by atoms with Crippen molar-refractivity contribution in [1.29, 1.82) is 0 Å². The molecule has 0 spiro atoms. The summed E-state index contributed by atoms with van der Waals surface area (Å²) in [5.74, 6) is -0.499. The lowest BCUT2D eigenvalue weighted by Crippen LogP contribution is -2.42. The number of aromatic nitrogens is 1. The van der Waals surface area contributed by atoms with Gasteiger partial charge in [-0.3, -0.25) is 4.79 Å². The zero-order valence-electron chi connectivity index (χ0n) is 15.3. The minimum atomic E-state index is -0.463. The van der Waals surface area contributed by atoms with Crippen molar-refractivity contribution in [1.82, 2.24) is 10.3 Å². The van der Waals surface area contributed by atoms with Crippen molar-refractivity contribution >= 4 is 11.9 Å². The van der Waals surface area contributed by atoms with Gasteiger partial charge < -0.3 is 24.5 Å². The Bertz CT molecular complexity index is 566. The average molecular weight is 340 g/mol. The highest BCUT2D eigenvalue weighted by Crippen LogP contribution is 2.19. The molecule has 0 saturated heterocycles. The van der Waals surface area contributed by atoms with Gasteiger partial charge in [0.15, 0.2) is 0 Å². The maximum atomic E-state index is 12.5. The van der Waals surface area contributed by atoms with Crippen LogP contribution >= 0.6 is 0 Å². The lowest BCUT2D eigenvalue weighted by molar-refractivity contribution is 0.0387. The summed E-state index contributed by atoms with van der Waals surface area (Å²) in [5.41, 5.74) is 1.94. The Kier molecular flexibility index (Phi) is 7.94. The largest absolute Gasteiger partial charge is 0.460 e. The van der Waals surface area contributed by atoms with E-state index < -0.39 is 5.97 Å². The molecule has 0 bridgehead atoms. The maximum Gasteiger partial charge on any atom is 0.340 e. The lowest BCUT2D eigenvalue weighted by Gasteiger charge is -2.21. The Labute approximate surface area is 143 Å². The fourth-order valence-corrected chi connectivity index (χ4v) is 2.39. The Morgan fingerprint density at radius 3 is 2.33 bits per heavy atom. The second-order valence-electron chi connectivity index (χ2n) is 6.03. The second kappa shape index (κ2) is 9.44. The fraction of sp³-hybridized carbons (Fsp3) is 0.647. The minimum Gasteiger partial charge on any atom is -0.460 e. The van der Waals surface area contributed by atoms with Crippen LogP contribution in [0.15, 0.2) is 0 Å². The zero-order chi connectivity index (χ0) is 18.3. The van der Waals surface area contributed by atoms with Crippen molar-refractivity contribution in [2.24, 2.45) is 5.92 Å². The number of aryl methyl sites for hydroxylation is 1.